The van der Waals surface area contributed by atoms with Crippen molar-refractivity contribution in [1.29, 1.82) is 0 Å². The van der Waals surface area contributed by atoms with Gasteiger partial charge in [0.2, 0.25) is 0 Å². The van der Waals surface area contributed by atoms with Crippen LogP contribution in [-0.4, -0.2) is 66.5 Å². The first-order chi connectivity index (χ1) is 17.8. The molecule has 3 N–H and O–H groups in total. The van der Waals surface area contributed by atoms with Crippen LogP contribution in [0.5, 0.6) is 11.5 Å². The Balaban J connectivity index is 1.21. The van der Waals surface area contributed by atoms with Crippen molar-refractivity contribution < 1.29 is 9.47 Å². The van der Waals surface area contributed by atoms with Gasteiger partial charge in [0.25, 0.3) is 0 Å². The molecule has 36 heavy (non-hydrogen) atoms. The molecular formula is C27H34N6O2S. The Bertz CT molecular complexity index is 1200. The van der Waals surface area contributed by atoms with Crippen molar-refractivity contribution >= 4 is 38.5 Å². The summed E-state index contributed by atoms with van der Waals surface area (Å²) < 4.78 is 12.7. The molecule has 0 spiro atoms. The van der Waals surface area contributed by atoms with E-state index in [1.807, 2.05) is 30.3 Å². The fraction of sp³-hybridized carbons (Fsp3) is 0.444. The summed E-state index contributed by atoms with van der Waals surface area (Å²) in [6.45, 7) is 5.13. The number of nitrogens with zero attached hydrogens (tertiary/aromatic N) is 4. The second kappa shape index (κ2) is 12.3. The molecule has 9 heteroatoms. The Labute approximate surface area is 216 Å². The minimum Gasteiger partial charge on any atom is -0.457 e. The zero-order chi connectivity index (χ0) is 24.6. The highest BCUT2D eigenvalue weighted by Crippen LogP contribution is 2.33. The van der Waals surface area contributed by atoms with Crippen LogP contribution in [-0.2, 0) is 4.74 Å². The number of hydrogen-bond acceptors (Lipinski definition) is 9. The molecule has 2 aliphatic rings. The summed E-state index contributed by atoms with van der Waals surface area (Å²) in [5, 5.41) is 4.62. The minimum absolute atomic E-state index is 0.540. The van der Waals surface area contributed by atoms with Crippen molar-refractivity contribution in [2.75, 3.05) is 44.7 Å². The second-order valence-electron chi connectivity index (χ2n) is 9.22. The van der Waals surface area contributed by atoms with Crippen molar-refractivity contribution in [3.8, 4) is 11.5 Å². The van der Waals surface area contributed by atoms with Gasteiger partial charge in [0.15, 0.2) is 5.13 Å². The number of aromatic nitrogens is 2. The summed E-state index contributed by atoms with van der Waals surface area (Å²) >= 11 is 1.68. The van der Waals surface area contributed by atoms with Gasteiger partial charge in [0.05, 0.1) is 35.7 Å². The molecule has 1 aromatic carbocycles. The minimum atomic E-state index is 0.540. The third kappa shape index (κ3) is 6.60. The molecule has 1 saturated carbocycles. The number of nitrogens with two attached hydrogens (primary N) is 1. The summed E-state index contributed by atoms with van der Waals surface area (Å²) in [4.78, 5) is 16.1. The lowest BCUT2D eigenvalue weighted by molar-refractivity contribution is 0.0395. The average Bonchev–Trinajstić information content (AvgIpc) is 3.31. The highest BCUT2D eigenvalue weighted by molar-refractivity contribution is 7.22. The molecule has 2 aromatic heterocycles. The predicted octanol–water partition coefficient (Wildman–Crippen LogP) is 4.93. The molecule has 8 nitrogen and oxygen atoms in total. The largest absolute Gasteiger partial charge is 0.457 e. The number of nitrogens with one attached hydrogen (secondary N) is 1. The quantitative estimate of drug-likeness (QED) is 0.397. The zero-order valence-electron chi connectivity index (χ0n) is 20.6. The number of anilines is 1. The van der Waals surface area contributed by atoms with Crippen LogP contribution in [0.2, 0.25) is 0 Å². The van der Waals surface area contributed by atoms with Gasteiger partial charge in [-0.15, -0.1) is 0 Å². The topological polar surface area (TPSA) is 97.9 Å². The molecule has 3 heterocycles. The van der Waals surface area contributed by atoms with Gasteiger partial charge in [0.1, 0.15) is 11.5 Å². The van der Waals surface area contributed by atoms with E-state index in [0.717, 1.165) is 65.2 Å². The van der Waals surface area contributed by atoms with Gasteiger partial charge in [-0.1, -0.05) is 30.6 Å². The summed E-state index contributed by atoms with van der Waals surface area (Å²) in [6, 6.07) is 10.3. The van der Waals surface area contributed by atoms with Gasteiger partial charge in [-0.2, -0.15) is 0 Å². The van der Waals surface area contributed by atoms with Gasteiger partial charge < -0.3 is 20.5 Å². The maximum Gasteiger partial charge on any atom is 0.184 e. The van der Waals surface area contributed by atoms with Gasteiger partial charge in [-0.3, -0.25) is 14.9 Å². The lowest BCUT2D eigenvalue weighted by Crippen LogP contribution is -2.37. The van der Waals surface area contributed by atoms with E-state index in [1.54, 1.807) is 23.7 Å². The SMILES string of the molecule is NC=C(C=NCCN1CCOCC1)c1cc(Oc2ccc3nc(NC4CCCCC4)sc3c2)ccn1. The molecule has 0 radical (unpaired) electrons. The standard InChI is InChI=1S/C27H34N6O2S/c28-18-20(19-29-10-11-33-12-14-34-15-13-33)25-16-23(8-9-30-25)35-22-6-7-24-26(17-22)36-27(32-24)31-21-4-2-1-3-5-21/h6-9,16-19,21H,1-5,10-15,28H2,(H,31,32). The second-order valence-corrected chi connectivity index (χ2v) is 10.2. The van der Waals surface area contributed by atoms with E-state index < -0.39 is 0 Å². The van der Waals surface area contributed by atoms with Crippen molar-refractivity contribution in [3.05, 3.63) is 48.4 Å². The monoisotopic (exact) mass is 506 g/mol. The van der Waals surface area contributed by atoms with E-state index in [4.69, 9.17) is 20.2 Å². The molecular weight excluding hydrogens is 472 g/mol. The van der Waals surface area contributed by atoms with Crippen LogP contribution in [0.4, 0.5) is 5.13 Å². The molecule has 0 atom stereocenters. The van der Waals surface area contributed by atoms with E-state index >= 15 is 0 Å². The smallest absolute Gasteiger partial charge is 0.184 e. The molecule has 0 bridgehead atoms. The number of allylic oxidation sites excluding steroid dienone is 1. The Kier molecular flexibility index (Phi) is 8.43. The van der Waals surface area contributed by atoms with E-state index in [9.17, 15) is 0 Å². The maximum absolute atomic E-state index is 6.17. The van der Waals surface area contributed by atoms with Crippen molar-refractivity contribution in [3.63, 3.8) is 0 Å². The van der Waals surface area contributed by atoms with Crippen LogP contribution in [0.25, 0.3) is 15.8 Å². The lowest BCUT2D eigenvalue weighted by Gasteiger charge is -2.25. The molecule has 190 valence electrons. The van der Waals surface area contributed by atoms with E-state index in [-0.39, 0.29) is 0 Å². The number of rotatable bonds is 9. The third-order valence-electron chi connectivity index (χ3n) is 6.61. The Hall–Kier alpha value is -3.01. The highest BCUT2D eigenvalue weighted by Gasteiger charge is 2.15. The van der Waals surface area contributed by atoms with Gasteiger partial charge in [-0.25, -0.2) is 4.98 Å². The van der Waals surface area contributed by atoms with Crippen LogP contribution >= 0.6 is 11.3 Å². The van der Waals surface area contributed by atoms with Crippen LogP contribution in [0.15, 0.2) is 47.7 Å². The number of morpholine rings is 1. The zero-order valence-corrected chi connectivity index (χ0v) is 21.4. The number of benzene rings is 1. The van der Waals surface area contributed by atoms with Crippen molar-refractivity contribution in [2.45, 2.75) is 38.1 Å². The van der Waals surface area contributed by atoms with Crippen molar-refractivity contribution in [2.24, 2.45) is 10.7 Å². The normalized spacial score (nSPS) is 18.2. The van der Waals surface area contributed by atoms with Gasteiger partial charge >= 0.3 is 0 Å². The van der Waals surface area contributed by atoms with E-state index in [0.29, 0.717) is 18.3 Å². The highest BCUT2D eigenvalue weighted by atomic mass is 32.1. The summed E-state index contributed by atoms with van der Waals surface area (Å²) in [5.41, 5.74) is 8.37. The number of aliphatic imine (C=N–C) groups is 1. The number of fused-ring (bicyclic) bond motifs is 1. The first-order valence-corrected chi connectivity index (χ1v) is 13.6. The molecule has 1 aliphatic carbocycles. The lowest BCUT2D eigenvalue weighted by atomic mass is 9.96. The summed E-state index contributed by atoms with van der Waals surface area (Å²) in [5.74, 6) is 1.47. The number of ether oxygens (including phenoxy) is 2. The Morgan fingerprint density at radius 3 is 2.83 bits per heavy atom. The summed E-state index contributed by atoms with van der Waals surface area (Å²) in [7, 11) is 0. The van der Waals surface area contributed by atoms with Crippen LogP contribution < -0.4 is 15.8 Å². The molecule has 3 aromatic rings. The first-order valence-electron chi connectivity index (χ1n) is 12.8. The molecule has 0 unspecified atom stereocenters. The summed E-state index contributed by atoms with van der Waals surface area (Å²) in [6.07, 6.45) is 11.5. The van der Waals surface area contributed by atoms with E-state index in [2.05, 4.69) is 20.2 Å². The first kappa shape index (κ1) is 24.7. The van der Waals surface area contributed by atoms with Crippen LogP contribution in [0, 0.1) is 0 Å². The maximum atomic E-state index is 6.17. The van der Waals surface area contributed by atoms with Gasteiger partial charge in [0, 0.05) is 62.0 Å². The average molecular weight is 507 g/mol. The Morgan fingerprint density at radius 2 is 2.00 bits per heavy atom. The molecule has 1 aliphatic heterocycles. The molecule has 1 saturated heterocycles. The Morgan fingerprint density at radius 1 is 1.17 bits per heavy atom. The predicted molar refractivity (Wildman–Crippen MR) is 147 cm³/mol. The van der Waals surface area contributed by atoms with Crippen LogP contribution in [0.3, 0.4) is 0 Å². The van der Waals surface area contributed by atoms with Gasteiger partial charge in [-0.05, 0) is 31.0 Å². The number of hydrogen-bond donors (Lipinski definition) is 2. The number of pyridine rings is 1. The molecule has 0 amide bonds. The fourth-order valence-electron chi connectivity index (χ4n) is 4.60. The fourth-order valence-corrected chi connectivity index (χ4v) is 5.57. The molecule has 2 fully saturated rings. The third-order valence-corrected chi connectivity index (χ3v) is 7.56. The number of thiazole rings is 1. The van der Waals surface area contributed by atoms with Crippen LogP contribution in [0.1, 0.15) is 37.8 Å². The van der Waals surface area contributed by atoms with E-state index in [1.165, 1.54) is 38.3 Å². The van der Waals surface area contributed by atoms with Crippen molar-refractivity contribution in [1.82, 2.24) is 14.9 Å². The molecule has 5 rings (SSSR count).